The molecule has 1 aliphatic rings. The van der Waals surface area contributed by atoms with Gasteiger partial charge in [-0.3, -0.25) is 0 Å². The van der Waals surface area contributed by atoms with E-state index in [4.69, 9.17) is 4.52 Å². The molecule has 0 radical (unpaired) electrons. The molecule has 0 aliphatic carbocycles. The van der Waals surface area contributed by atoms with Crippen molar-refractivity contribution in [3.8, 4) is 0 Å². The third-order valence-electron chi connectivity index (χ3n) is 3.32. The van der Waals surface area contributed by atoms with Crippen LogP contribution in [0.4, 0.5) is 0 Å². The zero-order valence-corrected chi connectivity index (χ0v) is 11.5. The first-order valence-corrected chi connectivity index (χ1v) is 7.70. The highest BCUT2D eigenvalue weighted by molar-refractivity contribution is 7.98. The molecule has 0 spiro atoms. The van der Waals surface area contributed by atoms with E-state index in [1.54, 1.807) is 0 Å². The lowest BCUT2D eigenvalue weighted by atomic mass is 9.96. The summed E-state index contributed by atoms with van der Waals surface area (Å²) in [5.74, 6) is 3.36. The topological polar surface area (TPSA) is 42.2 Å². The van der Waals surface area contributed by atoms with Gasteiger partial charge in [0.15, 0.2) is 5.82 Å². The predicted octanol–water partition coefficient (Wildman–Crippen LogP) is 2.31. The van der Waals surface area contributed by atoms with Gasteiger partial charge in [-0.1, -0.05) is 5.16 Å². The van der Waals surface area contributed by atoms with E-state index >= 15 is 0 Å². The van der Waals surface area contributed by atoms with Crippen molar-refractivity contribution < 1.29 is 4.52 Å². The van der Waals surface area contributed by atoms with Gasteiger partial charge >= 0.3 is 0 Å². The maximum absolute atomic E-state index is 5.05. The van der Waals surface area contributed by atoms with Crippen LogP contribution in [0, 0.1) is 6.92 Å². The summed E-state index contributed by atoms with van der Waals surface area (Å²) in [7, 11) is 0. The fraction of sp³-hybridized carbons (Fsp3) is 0.833. The molecule has 4 nitrogen and oxygen atoms in total. The quantitative estimate of drug-likeness (QED) is 0.755. The average molecular weight is 255 g/mol. The highest BCUT2D eigenvalue weighted by Gasteiger charge is 2.23. The van der Waals surface area contributed by atoms with Crippen LogP contribution < -0.4 is 0 Å². The van der Waals surface area contributed by atoms with E-state index < -0.39 is 0 Å². The average Bonchev–Trinajstić information content (AvgIpc) is 2.77. The van der Waals surface area contributed by atoms with Crippen molar-refractivity contribution in [3.63, 3.8) is 0 Å². The van der Waals surface area contributed by atoms with Crippen molar-refractivity contribution in [1.82, 2.24) is 15.0 Å². The van der Waals surface area contributed by atoms with Crippen molar-refractivity contribution >= 4 is 11.8 Å². The molecule has 0 unspecified atom stereocenters. The minimum absolute atomic E-state index is 0.504. The SMILES string of the molecule is CSCCCN1CCC(c2noc(C)n2)CC1. The molecule has 1 aromatic rings. The Hall–Kier alpha value is -0.550. The fourth-order valence-electron chi connectivity index (χ4n) is 2.33. The number of rotatable bonds is 5. The monoisotopic (exact) mass is 255 g/mol. The van der Waals surface area contributed by atoms with E-state index in [9.17, 15) is 0 Å². The molecule has 0 amide bonds. The molecule has 0 saturated carbocycles. The van der Waals surface area contributed by atoms with Gasteiger partial charge in [0.2, 0.25) is 5.89 Å². The number of aryl methyl sites for hydroxylation is 1. The smallest absolute Gasteiger partial charge is 0.223 e. The molecule has 1 aliphatic heterocycles. The minimum Gasteiger partial charge on any atom is -0.340 e. The molecule has 0 aromatic carbocycles. The molecule has 1 saturated heterocycles. The maximum Gasteiger partial charge on any atom is 0.223 e. The van der Waals surface area contributed by atoms with Gasteiger partial charge in [-0.05, 0) is 50.9 Å². The number of aromatic nitrogens is 2. The summed E-state index contributed by atoms with van der Waals surface area (Å²) in [6.07, 6.45) is 5.80. The second-order valence-electron chi connectivity index (χ2n) is 4.63. The first-order valence-electron chi connectivity index (χ1n) is 6.31. The molecule has 96 valence electrons. The van der Waals surface area contributed by atoms with E-state index in [1.165, 1.54) is 31.8 Å². The van der Waals surface area contributed by atoms with Crippen LogP contribution in [0.2, 0.25) is 0 Å². The molecule has 2 heterocycles. The summed E-state index contributed by atoms with van der Waals surface area (Å²) >= 11 is 1.93. The molecule has 1 aromatic heterocycles. The first-order chi connectivity index (χ1) is 8.29. The van der Waals surface area contributed by atoms with Crippen LogP contribution in [0.3, 0.4) is 0 Å². The number of nitrogens with zero attached hydrogens (tertiary/aromatic N) is 3. The van der Waals surface area contributed by atoms with Crippen molar-refractivity contribution in [3.05, 3.63) is 11.7 Å². The van der Waals surface area contributed by atoms with Crippen molar-refractivity contribution in [2.45, 2.75) is 32.1 Å². The van der Waals surface area contributed by atoms with Gasteiger partial charge in [0.1, 0.15) is 0 Å². The number of hydrogen-bond acceptors (Lipinski definition) is 5. The Balaban J connectivity index is 1.74. The third-order valence-corrected chi connectivity index (χ3v) is 4.02. The van der Waals surface area contributed by atoms with Crippen LogP contribution in [0.25, 0.3) is 0 Å². The summed E-state index contributed by atoms with van der Waals surface area (Å²) in [6.45, 7) is 5.44. The van der Waals surface area contributed by atoms with E-state index in [-0.39, 0.29) is 0 Å². The first kappa shape index (κ1) is 12.9. The van der Waals surface area contributed by atoms with Gasteiger partial charge in [-0.2, -0.15) is 16.7 Å². The number of likely N-dealkylation sites (tertiary alicyclic amines) is 1. The summed E-state index contributed by atoms with van der Waals surface area (Å²) in [5, 5.41) is 4.03. The van der Waals surface area contributed by atoms with Crippen LogP contribution >= 0.6 is 11.8 Å². The van der Waals surface area contributed by atoms with Crippen molar-refractivity contribution in [2.75, 3.05) is 31.6 Å². The Bertz CT molecular complexity index is 334. The molecular weight excluding hydrogens is 234 g/mol. The zero-order chi connectivity index (χ0) is 12.1. The highest BCUT2D eigenvalue weighted by Crippen LogP contribution is 2.25. The van der Waals surface area contributed by atoms with E-state index in [0.717, 1.165) is 18.7 Å². The normalized spacial score (nSPS) is 18.7. The van der Waals surface area contributed by atoms with Gasteiger partial charge in [0.25, 0.3) is 0 Å². The van der Waals surface area contributed by atoms with Crippen LogP contribution in [0.1, 0.15) is 36.9 Å². The third kappa shape index (κ3) is 3.71. The van der Waals surface area contributed by atoms with Crippen LogP contribution in [-0.2, 0) is 0 Å². The second kappa shape index (κ2) is 6.40. The van der Waals surface area contributed by atoms with Crippen molar-refractivity contribution in [1.29, 1.82) is 0 Å². The van der Waals surface area contributed by atoms with E-state index in [2.05, 4.69) is 21.3 Å². The lowest BCUT2D eigenvalue weighted by Crippen LogP contribution is -2.34. The maximum atomic E-state index is 5.05. The molecule has 17 heavy (non-hydrogen) atoms. The van der Waals surface area contributed by atoms with Gasteiger partial charge in [0, 0.05) is 12.8 Å². The lowest BCUT2D eigenvalue weighted by Gasteiger charge is -2.30. The molecular formula is C12H21N3OS. The van der Waals surface area contributed by atoms with Gasteiger partial charge in [0.05, 0.1) is 0 Å². The summed E-state index contributed by atoms with van der Waals surface area (Å²) in [6, 6.07) is 0. The lowest BCUT2D eigenvalue weighted by molar-refractivity contribution is 0.208. The molecule has 5 heteroatoms. The van der Waals surface area contributed by atoms with Crippen LogP contribution in [-0.4, -0.2) is 46.7 Å². The van der Waals surface area contributed by atoms with E-state index in [0.29, 0.717) is 11.8 Å². The van der Waals surface area contributed by atoms with Gasteiger partial charge < -0.3 is 9.42 Å². The van der Waals surface area contributed by atoms with Gasteiger partial charge in [-0.25, -0.2) is 0 Å². The Morgan fingerprint density at radius 2 is 2.18 bits per heavy atom. The molecule has 0 N–H and O–H groups in total. The van der Waals surface area contributed by atoms with Crippen LogP contribution in [0.15, 0.2) is 4.52 Å². The molecule has 1 fully saturated rings. The zero-order valence-electron chi connectivity index (χ0n) is 10.7. The van der Waals surface area contributed by atoms with Crippen molar-refractivity contribution in [2.24, 2.45) is 0 Å². The Morgan fingerprint density at radius 3 is 2.76 bits per heavy atom. The highest BCUT2D eigenvalue weighted by atomic mass is 32.2. The molecule has 0 atom stereocenters. The summed E-state index contributed by atoms with van der Waals surface area (Å²) < 4.78 is 5.05. The Morgan fingerprint density at radius 1 is 1.41 bits per heavy atom. The fourth-order valence-corrected chi connectivity index (χ4v) is 2.75. The predicted molar refractivity (Wildman–Crippen MR) is 70.4 cm³/mol. The second-order valence-corrected chi connectivity index (χ2v) is 5.62. The largest absolute Gasteiger partial charge is 0.340 e. The summed E-state index contributed by atoms with van der Waals surface area (Å²) in [4.78, 5) is 6.89. The number of piperidine rings is 1. The standard InChI is InChI=1S/C12H21N3OS/c1-10-13-12(14-16-10)11-4-7-15(8-5-11)6-3-9-17-2/h11H,3-9H2,1-2H3. The van der Waals surface area contributed by atoms with E-state index in [1.807, 2.05) is 18.7 Å². The minimum atomic E-state index is 0.504. The summed E-state index contributed by atoms with van der Waals surface area (Å²) in [5.41, 5.74) is 0. The molecule has 0 bridgehead atoms. The Kier molecular flexibility index (Phi) is 4.86. The molecule has 2 rings (SSSR count). The Labute approximate surface area is 107 Å². The van der Waals surface area contributed by atoms with Crippen LogP contribution in [0.5, 0.6) is 0 Å². The number of hydrogen-bond donors (Lipinski definition) is 0. The number of thioether (sulfide) groups is 1. The van der Waals surface area contributed by atoms with Gasteiger partial charge in [-0.15, -0.1) is 0 Å².